The number of nitrogen functional groups attached to an aromatic ring is 1. The number of pyridine rings is 1. The Balaban J connectivity index is 2.21. The van der Waals surface area contributed by atoms with Gasteiger partial charge in [-0.1, -0.05) is 30.3 Å². The Morgan fingerprint density at radius 1 is 1.30 bits per heavy atom. The zero-order chi connectivity index (χ0) is 14.5. The molecule has 1 aromatic carbocycles. The first-order valence-corrected chi connectivity index (χ1v) is 6.67. The molecule has 4 nitrogen and oxygen atoms in total. The van der Waals surface area contributed by atoms with Gasteiger partial charge in [0, 0.05) is 30.7 Å². The first-order valence-electron chi connectivity index (χ1n) is 6.67. The van der Waals surface area contributed by atoms with Gasteiger partial charge in [-0.2, -0.15) is 0 Å². The molecule has 0 bridgehead atoms. The predicted molar refractivity (Wildman–Crippen MR) is 80.2 cm³/mol. The van der Waals surface area contributed by atoms with Crippen molar-refractivity contribution in [3.05, 3.63) is 59.4 Å². The van der Waals surface area contributed by atoms with Crippen LogP contribution in [0.2, 0.25) is 0 Å². The van der Waals surface area contributed by atoms with Gasteiger partial charge in [0.2, 0.25) is 0 Å². The molecule has 0 aliphatic heterocycles. The quantitative estimate of drug-likeness (QED) is 0.928. The number of nitrogens with zero attached hydrogens (tertiary/aromatic N) is 2. The number of amides is 1. The van der Waals surface area contributed by atoms with Crippen LogP contribution in [-0.4, -0.2) is 22.3 Å². The molecule has 0 radical (unpaired) electrons. The zero-order valence-electron chi connectivity index (χ0n) is 11.8. The van der Waals surface area contributed by atoms with Crippen molar-refractivity contribution < 1.29 is 4.79 Å². The highest BCUT2D eigenvalue weighted by molar-refractivity contribution is 5.98. The highest BCUT2D eigenvalue weighted by atomic mass is 16.2. The van der Waals surface area contributed by atoms with Gasteiger partial charge in [-0.3, -0.25) is 9.78 Å². The molecule has 1 amide bonds. The maximum Gasteiger partial charge on any atom is 0.257 e. The molecule has 104 valence electrons. The maximum atomic E-state index is 12.5. The molecule has 0 atom stereocenters. The first kappa shape index (κ1) is 14.1. The van der Waals surface area contributed by atoms with Gasteiger partial charge in [-0.15, -0.1) is 0 Å². The molecular formula is C16H19N3O. The van der Waals surface area contributed by atoms with E-state index in [0.29, 0.717) is 24.3 Å². The van der Waals surface area contributed by atoms with Crippen molar-refractivity contribution in [2.45, 2.75) is 20.4 Å². The van der Waals surface area contributed by atoms with Gasteiger partial charge < -0.3 is 10.6 Å². The number of benzene rings is 1. The fourth-order valence-electron chi connectivity index (χ4n) is 2.06. The normalized spacial score (nSPS) is 10.3. The van der Waals surface area contributed by atoms with Crippen LogP contribution in [0.4, 0.5) is 5.69 Å². The number of nitrogens with two attached hydrogens (primary N) is 1. The highest BCUT2D eigenvalue weighted by Crippen LogP contribution is 2.16. The largest absolute Gasteiger partial charge is 0.398 e. The lowest BCUT2D eigenvalue weighted by molar-refractivity contribution is 0.0753. The van der Waals surface area contributed by atoms with Gasteiger partial charge >= 0.3 is 0 Å². The van der Waals surface area contributed by atoms with Gasteiger partial charge in [-0.25, -0.2) is 0 Å². The summed E-state index contributed by atoms with van der Waals surface area (Å²) in [6.45, 7) is 5.01. The van der Waals surface area contributed by atoms with Crippen molar-refractivity contribution in [3.63, 3.8) is 0 Å². The minimum Gasteiger partial charge on any atom is -0.398 e. The molecule has 0 spiro atoms. The lowest BCUT2D eigenvalue weighted by atomic mass is 10.1. The van der Waals surface area contributed by atoms with Crippen LogP contribution in [0.1, 0.15) is 28.5 Å². The van der Waals surface area contributed by atoms with Crippen LogP contribution in [0.25, 0.3) is 0 Å². The SMILES string of the molecule is CCN(Cc1ccccc1)C(=O)c1cnc(C)cc1N. The molecule has 4 heteroatoms. The molecule has 2 N–H and O–H groups in total. The van der Waals surface area contributed by atoms with E-state index in [0.717, 1.165) is 11.3 Å². The number of aromatic nitrogens is 1. The van der Waals surface area contributed by atoms with E-state index in [-0.39, 0.29) is 5.91 Å². The van der Waals surface area contributed by atoms with Crippen LogP contribution in [0, 0.1) is 6.92 Å². The second-order valence-electron chi connectivity index (χ2n) is 4.72. The Morgan fingerprint density at radius 3 is 2.60 bits per heavy atom. The van der Waals surface area contributed by atoms with E-state index in [9.17, 15) is 4.79 Å². The fourth-order valence-corrected chi connectivity index (χ4v) is 2.06. The van der Waals surface area contributed by atoms with Crippen LogP contribution in [0.3, 0.4) is 0 Å². The van der Waals surface area contributed by atoms with Crippen LogP contribution in [-0.2, 0) is 6.54 Å². The summed E-state index contributed by atoms with van der Waals surface area (Å²) < 4.78 is 0. The van der Waals surface area contributed by atoms with Crippen molar-refractivity contribution in [1.82, 2.24) is 9.88 Å². The van der Waals surface area contributed by atoms with E-state index < -0.39 is 0 Å². The maximum absolute atomic E-state index is 12.5. The summed E-state index contributed by atoms with van der Waals surface area (Å²) >= 11 is 0. The molecule has 0 saturated heterocycles. The molecule has 1 heterocycles. The molecule has 0 unspecified atom stereocenters. The van der Waals surface area contributed by atoms with E-state index in [1.165, 1.54) is 0 Å². The Morgan fingerprint density at radius 2 is 2.00 bits per heavy atom. The highest BCUT2D eigenvalue weighted by Gasteiger charge is 2.17. The molecule has 0 aliphatic carbocycles. The number of carbonyl (C=O) groups is 1. The molecule has 0 saturated carbocycles. The fraction of sp³-hybridized carbons (Fsp3) is 0.250. The van der Waals surface area contributed by atoms with Crippen molar-refractivity contribution in [1.29, 1.82) is 0 Å². The Bertz CT molecular complexity index is 596. The molecule has 2 aromatic rings. The van der Waals surface area contributed by atoms with E-state index in [2.05, 4.69) is 4.98 Å². The minimum absolute atomic E-state index is 0.0821. The van der Waals surface area contributed by atoms with Gasteiger partial charge in [0.15, 0.2) is 0 Å². The Hall–Kier alpha value is -2.36. The number of rotatable bonds is 4. The number of carbonyl (C=O) groups excluding carboxylic acids is 1. The first-order chi connectivity index (χ1) is 9.61. The number of hydrogen-bond donors (Lipinski definition) is 1. The van der Waals surface area contributed by atoms with E-state index in [1.807, 2.05) is 44.2 Å². The Kier molecular flexibility index (Phi) is 4.35. The summed E-state index contributed by atoms with van der Waals surface area (Å²) in [5, 5.41) is 0. The van der Waals surface area contributed by atoms with Crippen LogP contribution in [0.15, 0.2) is 42.6 Å². The van der Waals surface area contributed by atoms with Gasteiger partial charge in [0.25, 0.3) is 5.91 Å². The van der Waals surface area contributed by atoms with Crippen molar-refractivity contribution in [2.75, 3.05) is 12.3 Å². The zero-order valence-corrected chi connectivity index (χ0v) is 11.8. The number of aryl methyl sites for hydroxylation is 1. The van der Waals surface area contributed by atoms with E-state index in [1.54, 1.807) is 17.2 Å². The second-order valence-corrected chi connectivity index (χ2v) is 4.72. The van der Waals surface area contributed by atoms with E-state index >= 15 is 0 Å². The van der Waals surface area contributed by atoms with Crippen molar-refractivity contribution in [2.24, 2.45) is 0 Å². The van der Waals surface area contributed by atoms with Gasteiger partial charge in [0.1, 0.15) is 0 Å². The second kappa shape index (κ2) is 6.19. The summed E-state index contributed by atoms with van der Waals surface area (Å²) in [6.07, 6.45) is 1.56. The predicted octanol–water partition coefficient (Wildman–Crippen LogP) is 2.63. The average molecular weight is 269 g/mol. The third kappa shape index (κ3) is 3.15. The number of hydrogen-bond acceptors (Lipinski definition) is 3. The minimum atomic E-state index is -0.0821. The molecule has 1 aromatic heterocycles. The van der Waals surface area contributed by atoms with Crippen molar-refractivity contribution in [3.8, 4) is 0 Å². The molecule has 20 heavy (non-hydrogen) atoms. The van der Waals surface area contributed by atoms with Crippen molar-refractivity contribution >= 4 is 11.6 Å². The molecule has 0 aliphatic rings. The summed E-state index contributed by atoms with van der Waals surface area (Å²) in [5.41, 5.74) is 8.78. The third-order valence-corrected chi connectivity index (χ3v) is 3.19. The summed E-state index contributed by atoms with van der Waals surface area (Å²) in [5.74, 6) is -0.0821. The standard InChI is InChI=1S/C16H19N3O/c1-3-19(11-13-7-5-4-6-8-13)16(20)14-10-18-12(2)9-15(14)17/h4-10H,3,11H2,1-2H3,(H2,17,18). The molecule has 0 fully saturated rings. The average Bonchev–Trinajstić information content (AvgIpc) is 2.45. The molecular weight excluding hydrogens is 250 g/mol. The third-order valence-electron chi connectivity index (χ3n) is 3.19. The van der Waals surface area contributed by atoms with Crippen LogP contribution in [0.5, 0.6) is 0 Å². The molecule has 2 rings (SSSR count). The Labute approximate surface area is 119 Å². The summed E-state index contributed by atoms with van der Waals surface area (Å²) in [7, 11) is 0. The lowest BCUT2D eigenvalue weighted by Gasteiger charge is -2.21. The lowest BCUT2D eigenvalue weighted by Crippen LogP contribution is -2.31. The van der Waals surface area contributed by atoms with E-state index in [4.69, 9.17) is 5.73 Å². The van der Waals surface area contributed by atoms with Gasteiger partial charge in [-0.05, 0) is 25.5 Å². The van der Waals surface area contributed by atoms with Gasteiger partial charge in [0.05, 0.1) is 5.56 Å². The summed E-state index contributed by atoms with van der Waals surface area (Å²) in [6, 6.07) is 11.6. The number of anilines is 1. The smallest absolute Gasteiger partial charge is 0.257 e. The van der Waals surface area contributed by atoms with Crippen LogP contribution >= 0.6 is 0 Å². The topological polar surface area (TPSA) is 59.2 Å². The van der Waals surface area contributed by atoms with Crippen LogP contribution < -0.4 is 5.73 Å². The summed E-state index contributed by atoms with van der Waals surface area (Å²) in [4.78, 5) is 18.4. The monoisotopic (exact) mass is 269 g/mol.